The third-order valence-electron chi connectivity index (χ3n) is 4.35. The van der Waals surface area contributed by atoms with Crippen molar-refractivity contribution in [3.05, 3.63) is 52.5 Å². The van der Waals surface area contributed by atoms with Gasteiger partial charge in [0.15, 0.2) is 11.5 Å². The van der Waals surface area contributed by atoms with Crippen LogP contribution in [-0.4, -0.2) is 42.5 Å². The largest absolute Gasteiger partial charge is 0.486 e. The van der Waals surface area contributed by atoms with Crippen LogP contribution in [0.2, 0.25) is 5.02 Å². The molecule has 2 aliphatic heterocycles. The number of rotatable bonds is 4. The van der Waals surface area contributed by atoms with Crippen LogP contribution in [-0.2, 0) is 11.3 Å². The minimum atomic E-state index is -0.442. The standard InChI is InChI=1S/C19H16ClN3O5/c20-13-7-15-16(28-5-4-27-15)8-14(13)22-18(25)12-3-1-2-11(6-12)10-23-17(24)9-21-19(23)26/h1-3,6-8H,4-5,9-10H2,(H,21,26)(H,22,25). The molecule has 2 aliphatic rings. The first-order chi connectivity index (χ1) is 13.5. The lowest BCUT2D eigenvalue weighted by Crippen LogP contribution is -2.30. The minimum Gasteiger partial charge on any atom is -0.486 e. The predicted molar refractivity (Wildman–Crippen MR) is 101 cm³/mol. The summed E-state index contributed by atoms with van der Waals surface area (Å²) in [5.41, 5.74) is 1.43. The van der Waals surface area contributed by atoms with Gasteiger partial charge in [-0.3, -0.25) is 14.5 Å². The number of amides is 4. The van der Waals surface area contributed by atoms with Crippen molar-refractivity contribution in [2.75, 3.05) is 25.1 Å². The Kier molecular flexibility index (Phi) is 4.79. The third-order valence-corrected chi connectivity index (χ3v) is 4.66. The average Bonchev–Trinajstić information content (AvgIpc) is 3.01. The first kappa shape index (κ1) is 18.1. The summed E-state index contributed by atoms with van der Waals surface area (Å²) in [6, 6.07) is 9.46. The highest BCUT2D eigenvalue weighted by Crippen LogP contribution is 2.38. The normalized spacial score (nSPS) is 15.4. The zero-order valence-corrected chi connectivity index (χ0v) is 15.4. The quantitative estimate of drug-likeness (QED) is 0.767. The van der Waals surface area contributed by atoms with Crippen molar-refractivity contribution in [1.29, 1.82) is 0 Å². The van der Waals surface area contributed by atoms with Gasteiger partial charge in [-0.25, -0.2) is 4.79 Å². The predicted octanol–water partition coefficient (Wildman–Crippen LogP) is 2.42. The number of hydrogen-bond acceptors (Lipinski definition) is 5. The maximum Gasteiger partial charge on any atom is 0.324 e. The van der Waals surface area contributed by atoms with Gasteiger partial charge in [0, 0.05) is 17.7 Å². The van der Waals surface area contributed by atoms with Crippen LogP contribution in [0.3, 0.4) is 0 Å². The Morgan fingerprint density at radius 3 is 2.61 bits per heavy atom. The molecule has 144 valence electrons. The van der Waals surface area contributed by atoms with Gasteiger partial charge in [0.05, 0.1) is 23.8 Å². The lowest BCUT2D eigenvalue weighted by atomic mass is 10.1. The van der Waals surface area contributed by atoms with Crippen LogP contribution < -0.4 is 20.1 Å². The van der Waals surface area contributed by atoms with Crippen molar-refractivity contribution in [2.24, 2.45) is 0 Å². The SMILES string of the molecule is O=C(Nc1cc2c(cc1Cl)OCCO2)c1cccc(CN2C(=O)CNC2=O)c1. The van der Waals surface area contributed by atoms with Crippen LogP contribution in [0.5, 0.6) is 11.5 Å². The van der Waals surface area contributed by atoms with E-state index in [1.807, 2.05) is 0 Å². The lowest BCUT2D eigenvalue weighted by molar-refractivity contribution is -0.125. The van der Waals surface area contributed by atoms with E-state index in [-0.39, 0.29) is 24.9 Å². The van der Waals surface area contributed by atoms with Crippen LogP contribution in [0.1, 0.15) is 15.9 Å². The van der Waals surface area contributed by atoms with Crippen LogP contribution in [0.25, 0.3) is 0 Å². The molecule has 4 rings (SSSR count). The Morgan fingerprint density at radius 2 is 1.89 bits per heavy atom. The number of anilines is 1. The molecule has 0 radical (unpaired) electrons. The fourth-order valence-corrected chi connectivity index (χ4v) is 3.16. The first-order valence-electron chi connectivity index (χ1n) is 8.59. The van der Waals surface area contributed by atoms with Crippen molar-refractivity contribution in [2.45, 2.75) is 6.54 Å². The Balaban J connectivity index is 1.51. The molecule has 28 heavy (non-hydrogen) atoms. The number of ether oxygens (including phenoxy) is 2. The Hall–Kier alpha value is -3.26. The second-order valence-electron chi connectivity index (χ2n) is 6.27. The molecule has 2 aromatic carbocycles. The lowest BCUT2D eigenvalue weighted by Gasteiger charge is -2.20. The Morgan fingerprint density at radius 1 is 1.14 bits per heavy atom. The summed E-state index contributed by atoms with van der Waals surface area (Å²) in [6.45, 7) is 0.949. The molecule has 1 fully saturated rings. The number of halogens is 1. The molecule has 0 unspecified atom stereocenters. The molecular weight excluding hydrogens is 386 g/mol. The monoisotopic (exact) mass is 401 g/mol. The van der Waals surface area contributed by atoms with Crippen molar-refractivity contribution in [3.63, 3.8) is 0 Å². The number of nitrogens with one attached hydrogen (secondary N) is 2. The topological polar surface area (TPSA) is 97.0 Å². The fraction of sp³-hybridized carbons (Fsp3) is 0.211. The minimum absolute atomic E-state index is 0.0123. The number of carbonyl (C=O) groups excluding carboxylic acids is 3. The summed E-state index contributed by atoms with van der Waals surface area (Å²) in [5, 5.41) is 5.54. The molecule has 0 aromatic heterocycles. The van der Waals surface area contributed by atoms with Crippen molar-refractivity contribution >= 4 is 35.1 Å². The number of carbonyl (C=O) groups is 3. The van der Waals surface area contributed by atoms with E-state index in [0.29, 0.717) is 46.5 Å². The molecule has 0 bridgehead atoms. The highest BCUT2D eigenvalue weighted by Gasteiger charge is 2.28. The fourth-order valence-electron chi connectivity index (χ4n) is 2.96. The van der Waals surface area contributed by atoms with Gasteiger partial charge in [-0.2, -0.15) is 0 Å². The van der Waals surface area contributed by atoms with E-state index in [1.54, 1.807) is 36.4 Å². The Bertz CT molecular complexity index is 962. The molecule has 8 nitrogen and oxygen atoms in total. The highest BCUT2D eigenvalue weighted by molar-refractivity contribution is 6.34. The van der Waals surface area contributed by atoms with E-state index >= 15 is 0 Å². The van der Waals surface area contributed by atoms with E-state index in [1.165, 1.54) is 0 Å². The molecule has 4 amide bonds. The summed E-state index contributed by atoms with van der Waals surface area (Å²) in [5.74, 6) is 0.364. The Labute approximate surface area is 165 Å². The number of imide groups is 1. The van der Waals surface area contributed by atoms with Gasteiger partial charge in [-0.15, -0.1) is 0 Å². The van der Waals surface area contributed by atoms with Gasteiger partial charge >= 0.3 is 6.03 Å². The molecule has 2 N–H and O–H groups in total. The van der Waals surface area contributed by atoms with E-state index in [9.17, 15) is 14.4 Å². The summed E-state index contributed by atoms with van der Waals surface area (Å²) in [4.78, 5) is 37.2. The molecule has 1 saturated heterocycles. The first-order valence-corrected chi connectivity index (χ1v) is 8.97. The smallest absolute Gasteiger partial charge is 0.324 e. The van der Waals surface area contributed by atoms with Crippen molar-refractivity contribution in [1.82, 2.24) is 10.2 Å². The maximum atomic E-state index is 12.7. The van der Waals surface area contributed by atoms with Gasteiger partial charge < -0.3 is 20.1 Å². The van der Waals surface area contributed by atoms with Gasteiger partial charge in [0.2, 0.25) is 5.91 Å². The second-order valence-corrected chi connectivity index (χ2v) is 6.68. The van der Waals surface area contributed by atoms with E-state index in [0.717, 1.165) is 4.90 Å². The molecule has 9 heteroatoms. The zero-order chi connectivity index (χ0) is 19.7. The third kappa shape index (κ3) is 3.59. The van der Waals surface area contributed by atoms with E-state index in [2.05, 4.69) is 10.6 Å². The summed E-state index contributed by atoms with van der Waals surface area (Å²) >= 11 is 6.23. The van der Waals surface area contributed by atoms with Gasteiger partial charge in [0.25, 0.3) is 5.91 Å². The summed E-state index contributed by atoms with van der Waals surface area (Å²) in [6.07, 6.45) is 0. The second kappa shape index (κ2) is 7.40. The van der Waals surface area contributed by atoms with Crippen LogP contribution in [0, 0.1) is 0 Å². The average molecular weight is 402 g/mol. The van der Waals surface area contributed by atoms with Gasteiger partial charge in [-0.1, -0.05) is 23.7 Å². The molecule has 0 aliphatic carbocycles. The number of fused-ring (bicyclic) bond motifs is 1. The van der Waals surface area contributed by atoms with Crippen molar-refractivity contribution in [3.8, 4) is 11.5 Å². The number of urea groups is 1. The van der Waals surface area contributed by atoms with Crippen molar-refractivity contribution < 1.29 is 23.9 Å². The van der Waals surface area contributed by atoms with Crippen LogP contribution >= 0.6 is 11.6 Å². The molecule has 0 atom stereocenters. The van der Waals surface area contributed by atoms with Gasteiger partial charge in [0.1, 0.15) is 13.2 Å². The molecule has 0 spiro atoms. The van der Waals surface area contributed by atoms with Gasteiger partial charge in [-0.05, 0) is 17.7 Å². The summed E-state index contributed by atoms with van der Waals surface area (Å²) in [7, 11) is 0. The van der Waals surface area contributed by atoms with E-state index in [4.69, 9.17) is 21.1 Å². The molecule has 2 aromatic rings. The number of nitrogens with zero attached hydrogens (tertiary/aromatic N) is 1. The maximum absolute atomic E-state index is 12.7. The molecule has 0 saturated carbocycles. The number of hydrogen-bond donors (Lipinski definition) is 2. The molecular formula is C19H16ClN3O5. The van der Waals surface area contributed by atoms with Crippen LogP contribution in [0.4, 0.5) is 10.5 Å². The van der Waals surface area contributed by atoms with Crippen LogP contribution in [0.15, 0.2) is 36.4 Å². The molecule has 2 heterocycles. The van der Waals surface area contributed by atoms with E-state index < -0.39 is 6.03 Å². The zero-order valence-electron chi connectivity index (χ0n) is 14.7. The summed E-state index contributed by atoms with van der Waals surface area (Å²) < 4.78 is 11.0. The number of benzene rings is 2. The highest BCUT2D eigenvalue weighted by atomic mass is 35.5.